The normalized spacial score (nSPS) is 14.6. The van der Waals surface area contributed by atoms with Crippen molar-refractivity contribution in [1.29, 1.82) is 0 Å². The Hall–Kier alpha value is -4.27. The molecular weight excluding hydrogens is 519 g/mol. The maximum atomic E-state index is 13.9. The highest BCUT2D eigenvalue weighted by atomic mass is 19.4. The van der Waals surface area contributed by atoms with Crippen LogP contribution in [0.4, 0.5) is 19.0 Å². The van der Waals surface area contributed by atoms with Crippen molar-refractivity contribution in [3.63, 3.8) is 0 Å². The summed E-state index contributed by atoms with van der Waals surface area (Å²) < 4.78 is 41.8. The molecule has 8 nitrogen and oxygen atoms in total. The Kier molecular flexibility index (Phi) is 8.09. The number of H-pyrrole nitrogens is 1. The lowest BCUT2D eigenvalue weighted by Gasteiger charge is -2.34. The molecule has 0 saturated carbocycles. The van der Waals surface area contributed by atoms with Gasteiger partial charge in [0.25, 0.3) is 0 Å². The largest absolute Gasteiger partial charge is 0.416 e. The fraction of sp³-hybridized carbons (Fsp3) is 0.310. The zero-order chi connectivity index (χ0) is 28.1. The third-order valence-electron chi connectivity index (χ3n) is 6.82. The molecule has 3 aromatic heterocycles. The summed E-state index contributed by atoms with van der Waals surface area (Å²) in [6.45, 7) is 6.37. The number of amides is 1. The maximum Gasteiger partial charge on any atom is 0.416 e. The number of nitrogens with zero attached hydrogens (tertiary/aromatic N) is 5. The second-order valence-corrected chi connectivity index (χ2v) is 9.64. The van der Waals surface area contributed by atoms with E-state index in [0.717, 1.165) is 44.2 Å². The summed E-state index contributed by atoms with van der Waals surface area (Å²) >= 11 is 0. The van der Waals surface area contributed by atoms with Crippen LogP contribution in [0.1, 0.15) is 34.7 Å². The molecule has 1 amide bonds. The lowest BCUT2D eigenvalue weighted by atomic mass is 10.0. The predicted molar refractivity (Wildman–Crippen MR) is 145 cm³/mol. The average Bonchev–Trinajstić information content (AvgIpc) is 3.41. The molecule has 0 unspecified atom stereocenters. The Bertz CT molecular complexity index is 1560. The van der Waals surface area contributed by atoms with Crippen molar-refractivity contribution in [2.24, 2.45) is 0 Å². The molecule has 0 radical (unpaired) electrons. The van der Waals surface area contributed by atoms with E-state index >= 15 is 0 Å². The first kappa shape index (κ1) is 27.3. The van der Waals surface area contributed by atoms with E-state index in [0.29, 0.717) is 16.8 Å². The van der Waals surface area contributed by atoms with Crippen molar-refractivity contribution in [3.8, 4) is 11.8 Å². The minimum Gasteiger partial charge on any atom is -0.310 e. The van der Waals surface area contributed by atoms with Gasteiger partial charge in [0.15, 0.2) is 5.65 Å². The molecule has 0 spiro atoms. The topological polar surface area (TPSA) is 90.0 Å². The number of hydrogen-bond acceptors (Lipinski definition) is 6. The van der Waals surface area contributed by atoms with Gasteiger partial charge in [-0.3, -0.25) is 14.8 Å². The van der Waals surface area contributed by atoms with E-state index in [1.54, 1.807) is 30.6 Å². The maximum absolute atomic E-state index is 13.9. The minimum atomic E-state index is -4.51. The number of aromatic amines is 1. The van der Waals surface area contributed by atoms with Gasteiger partial charge in [0.2, 0.25) is 5.91 Å². The number of hydrogen-bond donors (Lipinski definition) is 2. The molecule has 1 fully saturated rings. The zero-order valence-electron chi connectivity index (χ0n) is 21.9. The van der Waals surface area contributed by atoms with Gasteiger partial charge < -0.3 is 10.2 Å². The number of carbonyl (C=O) groups excluding carboxylic acids is 1. The number of carbonyl (C=O) groups is 1. The number of nitrogens with one attached hydrogen (secondary N) is 2. The van der Waals surface area contributed by atoms with Crippen molar-refractivity contribution < 1.29 is 18.0 Å². The highest BCUT2D eigenvalue weighted by molar-refractivity contribution is 5.91. The van der Waals surface area contributed by atoms with E-state index in [9.17, 15) is 18.0 Å². The van der Waals surface area contributed by atoms with Crippen LogP contribution >= 0.6 is 0 Å². The van der Waals surface area contributed by atoms with Crippen LogP contribution in [0.3, 0.4) is 0 Å². The van der Waals surface area contributed by atoms with E-state index in [2.05, 4.69) is 49.1 Å². The van der Waals surface area contributed by atoms with Crippen LogP contribution in [0.2, 0.25) is 0 Å². The molecule has 0 aliphatic carbocycles. The fourth-order valence-corrected chi connectivity index (χ4v) is 4.64. The van der Waals surface area contributed by atoms with Crippen molar-refractivity contribution in [2.45, 2.75) is 26.1 Å². The standard InChI is InChI=1S/C29H28F3N7O/c1-2-38-9-11-39(12-10-38)19-23-6-5-21(14-25(23)29(30,31)32)16-27(40)36-26-15-20(7-8-33-26)3-4-22-13-24-18-35-37-28(24)34-17-22/h5-8,13-15,17-18H,2,9-12,16,19H2,1H3,(H,33,36,40)(H,34,35,37). The summed E-state index contributed by atoms with van der Waals surface area (Å²) in [6, 6.07) is 9.32. The number of benzene rings is 1. The summed E-state index contributed by atoms with van der Waals surface area (Å²) in [5, 5.41) is 10.2. The number of anilines is 1. The molecule has 1 aliphatic rings. The first-order valence-corrected chi connectivity index (χ1v) is 13.0. The van der Waals surface area contributed by atoms with Crippen LogP contribution in [0.5, 0.6) is 0 Å². The molecule has 4 heterocycles. The Morgan fingerprint density at radius 2 is 1.77 bits per heavy atom. The molecular formula is C29H28F3N7O. The predicted octanol–water partition coefficient (Wildman–Crippen LogP) is 4.09. The van der Waals surface area contributed by atoms with Gasteiger partial charge in [-0.25, -0.2) is 9.97 Å². The van der Waals surface area contributed by atoms with Gasteiger partial charge in [-0.1, -0.05) is 30.9 Å². The minimum absolute atomic E-state index is 0.216. The lowest BCUT2D eigenvalue weighted by Crippen LogP contribution is -2.45. The summed E-state index contributed by atoms with van der Waals surface area (Å²) in [5.74, 6) is 5.82. The van der Waals surface area contributed by atoms with E-state index in [-0.39, 0.29) is 29.9 Å². The van der Waals surface area contributed by atoms with Crippen molar-refractivity contribution in [3.05, 3.63) is 82.8 Å². The van der Waals surface area contributed by atoms with Crippen molar-refractivity contribution in [2.75, 3.05) is 38.0 Å². The lowest BCUT2D eigenvalue weighted by molar-refractivity contribution is -0.138. The Balaban J connectivity index is 1.24. The van der Waals surface area contributed by atoms with Crippen LogP contribution in [0, 0.1) is 11.8 Å². The third-order valence-corrected chi connectivity index (χ3v) is 6.82. The van der Waals surface area contributed by atoms with Crippen molar-refractivity contribution >= 4 is 22.8 Å². The molecule has 0 atom stereocenters. The molecule has 2 N–H and O–H groups in total. The highest BCUT2D eigenvalue weighted by Crippen LogP contribution is 2.33. The number of piperazine rings is 1. The summed E-state index contributed by atoms with van der Waals surface area (Å²) in [7, 11) is 0. The SMILES string of the molecule is CCN1CCN(Cc2ccc(CC(=O)Nc3cc(C#Cc4cnc5[nH]ncc5c4)ccn3)cc2C(F)(F)F)CC1. The number of halogens is 3. The number of likely N-dealkylation sites (N-methyl/N-ethyl adjacent to an activating group) is 1. The van der Waals surface area contributed by atoms with Gasteiger partial charge >= 0.3 is 6.18 Å². The van der Waals surface area contributed by atoms with Crippen LogP contribution < -0.4 is 5.32 Å². The number of fused-ring (bicyclic) bond motifs is 1. The van der Waals surface area contributed by atoms with E-state index in [1.807, 2.05) is 11.0 Å². The molecule has 11 heteroatoms. The molecule has 4 aromatic rings. The molecule has 1 aromatic carbocycles. The van der Waals surface area contributed by atoms with Gasteiger partial charge in [0.05, 0.1) is 18.2 Å². The fourth-order valence-electron chi connectivity index (χ4n) is 4.64. The van der Waals surface area contributed by atoms with Crippen molar-refractivity contribution in [1.82, 2.24) is 30.0 Å². The Morgan fingerprint density at radius 1 is 1.00 bits per heavy atom. The molecule has 1 aliphatic heterocycles. The Labute approximate surface area is 229 Å². The van der Waals surface area contributed by atoms with Gasteiger partial charge in [-0.15, -0.1) is 0 Å². The summed E-state index contributed by atoms with van der Waals surface area (Å²) in [5.41, 5.74) is 1.78. The number of aromatic nitrogens is 4. The first-order chi connectivity index (χ1) is 19.3. The van der Waals surface area contributed by atoms with Gasteiger partial charge in [-0.2, -0.15) is 18.3 Å². The van der Waals surface area contributed by atoms with Crippen LogP contribution in [0.15, 0.2) is 55.0 Å². The van der Waals surface area contributed by atoms with Gasteiger partial charge in [0.1, 0.15) is 5.82 Å². The summed E-state index contributed by atoms with van der Waals surface area (Å²) in [6.07, 6.45) is 0.0669. The number of alkyl halides is 3. The van der Waals surface area contributed by atoms with Crippen LogP contribution in [-0.4, -0.2) is 68.6 Å². The van der Waals surface area contributed by atoms with E-state index in [4.69, 9.17) is 0 Å². The second-order valence-electron chi connectivity index (χ2n) is 9.64. The molecule has 206 valence electrons. The quantitative estimate of drug-likeness (QED) is 0.354. The highest BCUT2D eigenvalue weighted by Gasteiger charge is 2.34. The van der Waals surface area contributed by atoms with Gasteiger partial charge in [0, 0.05) is 61.6 Å². The number of rotatable bonds is 6. The van der Waals surface area contributed by atoms with Gasteiger partial charge in [-0.05, 0) is 41.9 Å². The monoisotopic (exact) mass is 547 g/mol. The molecule has 40 heavy (non-hydrogen) atoms. The van der Waals surface area contributed by atoms with E-state index in [1.165, 1.54) is 12.3 Å². The molecule has 5 rings (SSSR count). The smallest absolute Gasteiger partial charge is 0.310 e. The van der Waals surface area contributed by atoms with E-state index < -0.39 is 17.6 Å². The Morgan fingerprint density at radius 3 is 2.55 bits per heavy atom. The van der Waals surface area contributed by atoms with Crippen LogP contribution in [-0.2, 0) is 23.9 Å². The average molecular weight is 548 g/mol. The first-order valence-electron chi connectivity index (χ1n) is 13.0. The third kappa shape index (κ3) is 6.83. The number of pyridine rings is 2. The summed E-state index contributed by atoms with van der Waals surface area (Å²) in [4.78, 5) is 25.4. The zero-order valence-corrected chi connectivity index (χ0v) is 21.9. The molecule has 0 bridgehead atoms. The second kappa shape index (κ2) is 11.9. The molecule has 1 saturated heterocycles. The van der Waals surface area contributed by atoms with Crippen LogP contribution in [0.25, 0.3) is 11.0 Å².